The highest BCUT2D eigenvalue weighted by Crippen LogP contribution is 2.39. The van der Waals surface area contributed by atoms with Gasteiger partial charge in [-0.2, -0.15) is 0 Å². The van der Waals surface area contributed by atoms with Crippen LogP contribution in [0.5, 0.6) is 5.75 Å². The molecule has 0 atom stereocenters. The Bertz CT molecular complexity index is 535. The lowest BCUT2D eigenvalue weighted by atomic mass is 9.78. The molecule has 2 fully saturated rings. The fourth-order valence-electron chi connectivity index (χ4n) is 2.56. The van der Waals surface area contributed by atoms with Gasteiger partial charge in [0.2, 0.25) is 0 Å². The summed E-state index contributed by atoms with van der Waals surface area (Å²) in [7, 11) is 1.51. The van der Waals surface area contributed by atoms with Crippen molar-refractivity contribution in [3.63, 3.8) is 0 Å². The largest absolute Gasteiger partial charge is 0.496 e. The molecule has 1 amide bonds. The fraction of sp³-hybridized carbons (Fsp3) is 0.462. The number of benzene rings is 1. The number of methoxy groups -OCH3 is 1. The van der Waals surface area contributed by atoms with Crippen LogP contribution in [0.4, 0.5) is 5.69 Å². The van der Waals surface area contributed by atoms with E-state index in [1.807, 2.05) is 0 Å². The number of carbonyl (C=O) groups excluding carboxylic acids is 1. The van der Waals surface area contributed by atoms with E-state index in [0.29, 0.717) is 22.0 Å². The van der Waals surface area contributed by atoms with E-state index in [0.717, 1.165) is 26.3 Å². The Morgan fingerprint density at radius 3 is 2.68 bits per heavy atom. The highest BCUT2D eigenvalue weighted by molar-refractivity contribution is 6.33. The smallest absolute Gasteiger partial charge is 0.257 e. The number of hydrogen-bond acceptors (Lipinski definition) is 4. The van der Waals surface area contributed by atoms with Gasteiger partial charge in [-0.15, -0.1) is 0 Å². The van der Waals surface area contributed by atoms with Gasteiger partial charge in [0.25, 0.3) is 5.91 Å². The molecule has 102 valence electrons. The average molecular weight is 283 g/mol. The first-order valence-electron chi connectivity index (χ1n) is 6.05. The van der Waals surface area contributed by atoms with Gasteiger partial charge in [0, 0.05) is 19.2 Å². The minimum Gasteiger partial charge on any atom is -0.496 e. The van der Waals surface area contributed by atoms with Crippen molar-refractivity contribution < 1.29 is 14.3 Å². The second kappa shape index (κ2) is 4.28. The highest BCUT2D eigenvalue weighted by atomic mass is 35.5. The molecule has 2 aliphatic rings. The standard InChI is InChI=1S/C13H15ClN2O3/c1-18-11-3-10(15)9(14)2-8(11)12(17)16-4-13(5-16)6-19-7-13/h2-3H,4-7,15H2,1H3. The SMILES string of the molecule is COc1cc(N)c(Cl)cc1C(=O)N1CC2(COC2)C1. The van der Waals surface area contributed by atoms with Crippen LogP contribution in [0.15, 0.2) is 12.1 Å². The average Bonchev–Trinajstić information content (AvgIpc) is 2.28. The molecule has 0 saturated carbocycles. The Labute approximate surface area is 116 Å². The molecular weight excluding hydrogens is 268 g/mol. The monoisotopic (exact) mass is 282 g/mol. The number of carbonyl (C=O) groups is 1. The molecule has 19 heavy (non-hydrogen) atoms. The molecule has 2 heterocycles. The van der Waals surface area contributed by atoms with Crippen LogP contribution in [0.1, 0.15) is 10.4 Å². The van der Waals surface area contributed by atoms with Gasteiger partial charge in [0.1, 0.15) is 5.75 Å². The van der Waals surface area contributed by atoms with E-state index in [1.54, 1.807) is 17.0 Å². The first-order chi connectivity index (χ1) is 9.04. The van der Waals surface area contributed by atoms with Crippen molar-refractivity contribution >= 4 is 23.2 Å². The lowest BCUT2D eigenvalue weighted by Gasteiger charge is -2.54. The maximum absolute atomic E-state index is 12.4. The summed E-state index contributed by atoms with van der Waals surface area (Å²) in [6.45, 7) is 2.96. The van der Waals surface area contributed by atoms with E-state index in [-0.39, 0.29) is 11.3 Å². The molecule has 0 aromatic heterocycles. The summed E-state index contributed by atoms with van der Waals surface area (Å²) in [5, 5.41) is 0.367. The van der Waals surface area contributed by atoms with E-state index in [9.17, 15) is 4.79 Å². The maximum Gasteiger partial charge on any atom is 0.257 e. The summed E-state index contributed by atoms with van der Waals surface area (Å²) in [6.07, 6.45) is 0. The van der Waals surface area contributed by atoms with Gasteiger partial charge in [-0.25, -0.2) is 0 Å². The number of hydrogen-bond donors (Lipinski definition) is 1. The Balaban J connectivity index is 1.81. The van der Waals surface area contributed by atoms with Crippen LogP contribution in [-0.4, -0.2) is 44.2 Å². The Morgan fingerprint density at radius 2 is 2.16 bits per heavy atom. The summed E-state index contributed by atoms with van der Waals surface area (Å²) in [4.78, 5) is 14.2. The van der Waals surface area contributed by atoms with E-state index >= 15 is 0 Å². The Morgan fingerprint density at radius 1 is 1.47 bits per heavy atom. The molecule has 2 N–H and O–H groups in total. The number of ether oxygens (including phenoxy) is 2. The van der Waals surface area contributed by atoms with Crippen molar-refractivity contribution in [2.75, 3.05) is 39.1 Å². The molecule has 0 unspecified atom stereocenters. The van der Waals surface area contributed by atoms with Crippen molar-refractivity contribution in [3.05, 3.63) is 22.7 Å². The Hall–Kier alpha value is -1.46. The number of likely N-dealkylation sites (tertiary alicyclic amines) is 1. The van der Waals surface area contributed by atoms with Gasteiger partial charge in [0.15, 0.2) is 0 Å². The zero-order valence-corrected chi connectivity index (χ0v) is 11.4. The third kappa shape index (κ3) is 1.93. The molecule has 5 nitrogen and oxygen atoms in total. The third-order valence-corrected chi connectivity index (χ3v) is 4.03. The number of halogens is 1. The number of nitrogen functional groups attached to an aromatic ring is 1. The maximum atomic E-state index is 12.4. The third-order valence-electron chi connectivity index (χ3n) is 3.71. The summed E-state index contributed by atoms with van der Waals surface area (Å²) in [6, 6.07) is 3.15. The van der Waals surface area contributed by atoms with Gasteiger partial charge in [-0.1, -0.05) is 11.6 Å². The zero-order chi connectivity index (χ0) is 13.6. The molecule has 6 heteroatoms. The van der Waals surface area contributed by atoms with Crippen LogP contribution in [0.3, 0.4) is 0 Å². The molecule has 0 radical (unpaired) electrons. The number of anilines is 1. The molecule has 1 aromatic rings. The molecule has 2 saturated heterocycles. The van der Waals surface area contributed by atoms with E-state index in [2.05, 4.69) is 0 Å². The topological polar surface area (TPSA) is 64.8 Å². The number of nitrogens with zero attached hydrogens (tertiary/aromatic N) is 1. The van der Waals surface area contributed by atoms with Crippen LogP contribution in [0.25, 0.3) is 0 Å². The van der Waals surface area contributed by atoms with Crippen molar-refractivity contribution in [2.24, 2.45) is 5.41 Å². The predicted molar refractivity (Wildman–Crippen MR) is 71.6 cm³/mol. The summed E-state index contributed by atoms with van der Waals surface area (Å²) < 4.78 is 10.4. The molecule has 3 rings (SSSR count). The minimum atomic E-state index is -0.0729. The highest BCUT2D eigenvalue weighted by Gasteiger charge is 2.51. The van der Waals surface area contributed by atoms with Crippen molar-refractivity contribution in [1.29, 1.82) is 0 Å². The minimum absolute atomic E-state index is 0.0729. The van der Waals surface area contributed by atoms with E-state index in [4.69, 9.17) is 26.8 Å². The molecule has 1 aromatic carbocycles. The van der Waals surface area contributed by atoms with Crippen LogP contribution in [0.2, 0.25) is 5.02 Å². The fourth-order valence-corrected chi connectivity index (χ4v) is 2.72. The van der Waals surface area contributed by atoms with Gasteiger partial charge in [-0.05, 0) is 6.07 Å². The molecule has 0 bridgehead atoms. The van der Waals surface area contributed by atoms with E-state index < -0.39 is 0 Å². The molecule has 2 aliphatic heterocycles. The van der Waals surface area contributed by atoms with Crippen molar-refractivity contribution in [2.45, 2.75) is 0 Å². The lowest BCUT2D eigenvalue weighted by Crippen LogP contribution is -2.67. The zero-order valence-electron chi connectivity index (χ0n) is 10.6. The summed E-state index contributed by atoms with van der Waals surface area (Å²) in [5.41, 5.74) is 6.76. The van der Waals surface area contributed by atoms with Crippen molar-refractivity contribution in [1.82, 2.24) is 4.90 Å². The normalized spacial score (nSPS) is 19.8. The molecule has 0 aliphatic carbocycles. The van der Waals surface area contributed by atoms with Crippen LogP contribution in [0, 0.1) is 5.41 Å². The molecule has 1 spiro atoms. The van der Waals surface area contributed by atoms with Gasteiger partial charge in [0.05, 0.1) is 42.0 Å². The van der Waals surface area contributed by atoms with Crippen LogP contribution >= 0.6 is 11.6 Å². The van der Waals surface area contributed by atoms with Crippen LogP contribution < -0.4 is 10.5 Å². The van der Waals surface area contributed by atoms with Gasteiger partial charge < -0.3 is 20.1 Å². The number of nitrogens with two attached hydrogens (primary N) is 1. The summed E-state index contributed by atoms with van der Waals surface area (Å²) >= 11 is 5.98. The Kier molecular flexibility index (Phi) is 2.83. The number of rotatable bonds is 2. The predicted octanol–water partition coefficient (Wildman–Crippen LogP) is 1.40. The van der Waals surface area contributed by atoms with Crippen LogP contribution in [-0.2, 0) is 4.74 Å². The van der Waals surface area contributed by atoms with Crippen molar-refractivity contribution in [3.8, 4) is 5.75 Å². The first-order valence-corrected chi connectivity index (χ1v) is 6.42. The first kappa shape index (κ1) is 12.6. The number of amides is 1. The lowest BCUT2D eigenvalue weighted by molar-refractivity contribution is -0.176. The second-order valence-corrected chi connectivity index (χ2v) is 5.64. The van der Waals surface area contributed by atoms with E-state index in [1.165, 1.54) is 7.11 Å². The second-order valence-electron chi connectivity index (χ2n) is 5.23. The quantitative estimate of drug-likeness (QED) is 0.833. The molecular formula is C13H15ClN2O3. The summed E-state index contributed by atoms with van der Waals surface area (Å²) in [5.74, 6) is 0.383. The van der Waals surface area contributed by atoms with Gasteiger partial charge >= 0.3 is 0 Å². The van der Waals surface area contributed by atoms with Gasteiger partial charge in [-0.3, -0.25) is 4.79 Å².